The molecule has 0 spiro atoms. The molecule has 0 bridgehead atoms. The van der Waals surface area contributed by atoms with Crippen LogP contribution in [-0.4, -0.2) is 42.6 Å². The standard InChI is InChI=1S/C17H22N4O3S/c1-12-13(11-14-3-2-8-19-17(14)20-12)4-5-16(22)21-25(23,24)15-6-9-18-10-7-15/h2-3,8,11,15,18H,4-7,9-10H2,1H3,(H,21,22). The van der Waals surface area contributed by atoms with E-state index in [0.717, 1.165) is 16.6 Å². The monoisotopic (exact) mass is 362 g/mol. The lowest BCUT2D eigenvalue weighted by molar-refractivity contribution is -0.119. The first kappa shape index (κ1) is 17.8. The first-order chi connectivity index (χ1) is 12.0. The van der Waals surface area contributed by atoms with Crippen LogP contribution in [0.5, 0.6) is 0 Å². The highest BCUT2D eigenvalue weighted by Crippen LogP contribution is 2.16. The zero-order chi connectivity index (χ0) is 17.9. The molecule has 8 heteroatoms. The molecule has 2 N–H and O–H groups in total. The number of aryl methyl sites for hydroxylation is 2. The van der Waals surface area contributed by atoms with E-state index in [2.05, 4.69) is 20.0 Å². The van der Waals surface area contributed by atoms with Gasteiger partial charge in [0.05, 0.1) is 5.25 Å². The van der Waals surface area contributed by atoms with Crippen molar-refractivity contribution in [2.75, 3.05) is 13.1 Å². The summed E-state index contributed by atoms with van der Waals surface area (Å²) in [6.07, 6.45) is 3.30. The van der Waals surface area contributed by atoms with E-state index >= 15 is 0 Å². The molecule has 7 nitrogen and oxygen atoms in total. The molecule has 0 unspecified atom stereocenters. The number of fused-ring (bicyclic) bond motifs is 1. The number of aromatic nitrogens is 2. The van der Waals surface area contributed by atoms with Crippen molar-refractivity contribution in [3.8, 4) is 0 Å². The van der Waals surface area contributed by atoms with E-state index in [4.69, 9.17) is 0 Å². The van der Waals surface area contributed by atoms with Gasteiger partial charge in [-0.15, -0.1) is 0 Å². The Morgan fingerprint density at radius 2 is 2.12 bits per heavy atom. The fourth-order valence-electron chi connectivity index (χ4n) is 3.04. The summed E-state index contributed by atoms with van der Waals surface area (Å²) in [6.45, 7) is 3.19. The summed E-state index contributed by atoms with van der Waals surface area (Å²) in [5.74, 6) is -0.468. The highest BCUT2D eigenvalue weighted by atomic mass is 32.2. The van der Waals surface area contributed by atoms with Crippen LogP contribution in [0, 0.1) is 6.92 Å². The molecule has 0 aliphatic carbocycles. The predicted octanol–water partition coefficient (Wildman–Crippen LogP) is 1.07. The van der Waals surface area contributed by atoms with Gasteiger partial charge in [0.2, 0.25) is 15.9 Å². The first-order valence-electron chi connectivity index (χ1n) is 8.42. The summed E-state index contributed by atoms with van der Waals surface area (Å²) in [6, 6.07) is 5.71. The van der Waals surface area contributed by atoms with Gasteiger partial charge in [0.15, 0.2) is 5.65 Å². The average molecular weight is 362 g/mol. The Balaban J connectivity index is 1.63. The number of carbonyl (C=O) groups excluding carboxylic acids is 1. The van der Waals surface area contributed by atoms with Gasteiger partial charge in [0.1, 0.15) is 0 Å². The van der Waals surface area contributed by atoms with Crippen LogP contribution >= 0.6 is 0 Å². The number of nitrogens with zero attached hydrogens (tertiary/aromatic N) is 2. The van der Waals surface area contributed by atoms with Crippen molar-refractivity contribution in [2.45, 2.75) is 37.9 Å². The Bertz CT molecular complexity index is 877. The quantitative estimate of drug-likeness (QED) is 0.825. The molecule has 1 aliphatic heterocycles. The van der Waals surface area contributed by atoms with E-state index in [0.29, 0.717) is 38.0 Å². The normalized spacial score (nSPS) is 16.0. The summed E-state index contributed by atoms with van der Waals surface area (Å²) < 4.78 is 26.8. The van der Waals surface area contributed by atoms with Gasteiger partial charge >= 0.3 is 0 Å². The van der Waals surface area contributed by atoms with Gasteiger partial charge in [-0.3, -0.25) is 9.52 Å². The van der Waals surface area contributed by atoms with Crippen molar-refractivity contribution >= 4 is 27.0 Å². The molecule has 3 heterocycles. The molecule has 1 amide bonds. The number of piperidine rings is 1. The number of hydrogen-bond acceptors (Lipinski definition) is 6. The van der Waals surface area contributed by atoms with Crippen LogP contribution in [0.15, 0.2) is 24.4 Å². The first-order valence-corrected chi connectivity index (χ1v) is 9.97. The molecule has 0 saturated carbocycles. The van der Waals surface area contributed by atoms with Gasteiger partial charge in [-0.25, -0.2) is 18.4 Å². The Hall–Kier alpha value is -2.06. The summed E-state index contributed by atoms with van der Waals surface area (Å²) in [5, 5.41) is 3.53. The summed E-state index contributed by atoms with van der Waals surface area (Å²) in [7, 11) is -3.60. The number of sulfonamides is 1. The Labute approximate surface area is 147 Å². The number of carbonyl (C=O) groups is 1. The average Bonchev–Trinajstić information content (AvgIpc) is 2.60. The molecule has 0 radical (unpaired) electrons. The third-order valence-electron chi connectivity index (χ3n) is 4.49. The number of hydrogen-bond donors (Lipinski definition) is 2. The minimum Gasteiger partial charge on any atom is -0.317 e. The van der Waals surface area contributed by atoms with Gasteiger partial charge in [-0.2, -0.15) is 0 Å². The highest BCUT2D eigenvalue weighted by Gasteiger charge is 2.28. The van der Waals surface area contributed by atoms with Gasteiger partial charge in [0.25, 0.3) is 0 Å². The molecule has 1 saturated heterocycles. The van der Waals surface area contributed by atoms with Crippen LogP contribution in [0.4, 0.5) is 0 Å². The van der Waals surface area contributed by atoms with Gasteiger partial charge < -0.3 is 5.32 Å². The topological polar surface area (TPSA) is 101 Å². The number of rotatable bonds is 5. The van der Waals surface area contributed by atoms with Crippen molar-refractivity contribution < 1.29 is 13.2 Å². The van der Waals surface area contributed by atoms with Crippen molar-refractivity contribution in [1.29, 1.82) is 0 Å². The second-order valence-corrected chi connectivity index (χ2v) is 8.26. The van der Waals surface area contributed by atoms with Gasteiger partial charge in [0, 0.05) is 23.7 Å². The van der Waals surface area contributed by atoms with E-state index in [1.807, 2.05) is 25.1 Å². The molecule has 1 aliphatic rings. The van der Waals surface area contributed by atoms with Crippen LogP contribution in [-0.2, 0) is 21.2 Å². The van der Waals surface area contributed by atoms with Gasteiger partial charge in [-0.05, 0) is 63.0 Å². The molecule has 2 aromatic heterocycles. The van der Waals surface area contributed by atoms with E-state index in [1.54, 1.807) is 6.20 Å². The lowest BCUT2D eigenvalue weighted by Crippen LogP contribution is -2.43. The molecular formula is C17H22N4O3S. The lowest BCUT2D eigenvalue weighted by Gasteiger charge is -2.22. The van der Waals surface area contributed by atoms with Crippen molar-refractivity contribution in [3.05, 3.63) is 35.7 Å². The van der Waals surface area contributed by atoms with Crippen LogP contribution in [0.25, 0.3) is 11.0 Å². The fourth-order valence-corrected chi connectivity index (χ4v) is 4.48. The smallest absolute Gasteiger partial charge is 0.237 e. The Kier molecular flexibility index (Phi) is 5.29. The third kappa shape index (κ3) is 4.32. The van der Waals surface area contributed by atoms with E-state index in [-0.39, 0.29) is 6.42 Å². The fraction of sp³-hybridized carbons (Fsp3) is 0.471. The maximum atomic E-state index is 12.3. The molecule has 1 fully saturated rings. The zero-order valence-electron chi connectivity index (χ0n) is 14.2. The predicted molar refractivity (Wildman–Crippen MR) is 95.6 cm³/mol. The molecular weight excluding hydrogens is 340 g/mol. The van der Waals surface area contributed by atoms with Gasteiger partial charge in [-0.1, -0.05) is 0 Å². The van der Waals surface area contributed by atoms with E-state index < -0.39 is 21.2 Å². The number of nitrogens with one attached hydrogen (secondary N) is 2. The van der Waals surface area contributed by atoms with Crippen LogP contribution < -0.4 is 10.0 Å². The van der Waals surface area contributed by atoms with E-state index in [9.17, 15) is 13.2 Å². The molecule has 0 aromatic carbocycles. The lowest BCUT2D eigenvalue weighted by atomic mass is 10.1. The summed E-state index contributed by atoms with van der Waals surface area (Å²) in [5.41, 5.74) is 2.40. The SMILES string of the molecule is Cc1nc2ncccc2cc1CCC(=O)NS(=O)(=O)C1CCNCC1. The maximum Gasteiger partial charge on any atom is 0.237 e. The minimum absolute atomic E-state index is 0.110. The number of amides is 1. The highest BCUT2D eigenvalue weighted by molar-refractivity contribution is 7.90. The minimum atomic E-state index is -3.60. The molecule has 134 valence electrons. The van der Waals surface area contributed by atoms with E-state index in [1.165, 1.54) is 0 Å². The second kappa shape index (κ2) is 7.45. The van der Waals surface area contributed by atoms with Crippen molar-refractivity contribution in [1.82, 2.24) is 20.0 Å². The Morgan fingerprint density at radius 3 is 2.88 bits per heavy atom. The number of pyridine rings is 2. The van der Waals surface area contributed by atoms with Crippen LogP contribution in [0.2, 0.25) is 0 Å². The third-order valence-corrected chi connectivity index (χ3v) is 6.35. The largest absolute Gasteiger partial charge is 0.317 e. The van der Waals surface area contributed by atoms with Crippen LogP contribution in [0.1, 0.15) is 30.5 Å². The molecule has 3 rings (SSSR count). The zero-order valence-corrected chi connectivity index (χ0v) is 15.0. The second-order valence-electron chi connectivity index (χ2n) is 6.30. The van der Waals surface area contributed by atoms with Crippen molar-refractivity contribution in [3.63, 3.8) is 0 Å². The summed E-state index contributed by atoms with van der Waals surface area (Å²) >= 11 is 0. The molecule has 0 atom stereocenters. The maximum absolute atomic E-state index is 12.3. The molecule has 2 aromatic rings. The summed E-state index contributed by atoms with van der Waals surface area (Å²) in [4.78, 5) is 20.7. The molecule has 25 heavy (non-hydrogen) atoms. The Morgan fingerprint density at radius 1 is 1.36 bits per heavy atom. The van der Waals surface area contributed by atoms with Crippen LogP contribution in [0.3, 0.4) is 0 Å². The van der Waals surface area contributed by atoms with Crippen molar-refractivity contribution in [2.24, 2.45) is 0 Å².